The maximum atomic E-state index is 13.1. The molecule has 0 saturated heterocycles. The van der Waals surface area contributed by atoms with E-state index in [0.29, 0.717) is 37.3 Å². The summed E-state index contributed by atoms with van der Waals surface area (Å²) < 4.78 is 18.6. The molecule has 0 aliphatic carbocycles. The van der Waals surface area contributed by atoms with Gasteiger partial charge in [0.2, 0.25) is 0 Å². The van der Waals surface area contributed by atoms with Crippen molar-refractivity contribution >= 4 is 5.97 Å². The van der Waals surface area contributed by atoms with Crippen LogP contribution in [0.2, 0.25) is 0 Å². The van der Waals surface area contributed by atoms with E-state index in [2.05, 4.69) is 5.32 Å². The maximum absolute atomic E-state index is 13.1. The van der Waals surface area contributed by atoms with Crippen molar-refractivity contribution in [3.8, 4) is 5.75 Å². The molecule has 0 saturated carbocycles. The Morgan fingerprint density at radius 3 is 2.75 bits per heavy atom. The summed E-state index contributed by atoms with van der Waals surface area (Å²) in [5, 5.41) is 12.2. The number of carboxylic acid groups (broad SMARTS) is 1. The monoisotopic (exact) mass is 283 g/mol. The first-order valence-electron chi connectivity index (χ1n) is 6.76. The summed E-state index contributed by atoms with van der Waals surface area (Å²) in [6.07, 6.45) is 1.07. The normalized spacial score (nSPS) is 13.8. The highest BCUT2D eigenvalue weighted by atomic mass is 19.1. The number of aliphatic carboxylic acids is 1. The molecule has 5 heteroatoms. The predicted molar refractivity (Wildman–Crippen MR) is 75.6 cm³/mol. The molecular formula is C15H22FNO3. The van der Waals surface area contributed by atoms with Gasteiger partial charge in [-0.15, -0.1) is 0 Å². The van der Waals surface area contributed by atoms with E-state index in [1.54, 1.807) is 26.0 Å². The summed E-state index contributed by atoms with van der Waals surface area (Å²) >= 11 is 0. The largest absolute Gasteiger partial charge is 0.494 e. The first kappa shape index (κ1) is 16.4. The second kappa shape index (κ2) is 7.24. The summed E-state index contributed by atoms with van der Waals surface area (Å²) in [5.74, 6) is -0.524. The average Bonchev–Trinajstić information content (AvgIpc) is 2.39. The van der Waals surface area contributed by atoms with Crippen LogP contribution in [-0.2, 0) is 4.79 Å². The third kappa shape index (κ3) is 4.49. The first-order valence-corrected chi connectivity index (χ1v) is 6.76. The molecule has 0 aliphatic heterocycles. The zero-order chi connectivity index (χ0) is 15.2. The fourth-order valence-corrected chi connectivity index (χ4v) is 1.98. The van der Waals surface area contributed by atoms with Gasteiger partial charge in [0.05, 0.1) is 6.61 Å². The van der Waals surface area contributed by atoms with Crippen molar-refractivity contribution in [1.82, 2.24) is 5.32 Å². The lowest BCUT2D eigenvalue weighted by Crippen LogP contribution is -2.49. The Kier molecular flexibility index (Phi) is 5.95. The number of hydrogen-bond acceptors (Lipinski definition) is 3. The van der Waals surface area contributed by atoms with Gasteiger partial charge in [0.1, 0.15) is 17.1 Å². The highest BCUT2D eigenvalue weighted by Gasteiger charge is 2.31. The van der Waals surface area contributed by atoms with Crippen LogP contribution in [0.25, 0.3) is 0 Å². The Morgan fingerprint density at radius 2 is 2.20 bits per heavy atom. The van der Waals surface area contributed by atoms with E-state index in [1.165, 1.54) is 6.07 Å². The highest BCUT2D eigenvalue weighted by molar-refractivity contribution is 5.78. The predicted octanol–water partition coefficient (Wildman–Crippen LogP) is 2.75. The third-order valence-corrected chi connectivity index (χ3v) is 3.26. The van der Waals surface area contributed by atoms with Crippen molar-refractivity contribution in [2.45, 2.75) is 39.2 Å². The second-order valence-corrected chi connectivity index (χ2v) is 5.03. The number of nitrogens with one attached hydrogen (secondary N) is 1. The molecule has 0 heterocycles. The maximum Gasteiger partial charge on any atom is 0.323 e. The summed E-state index contributed by atoms with van der Waals surface area (Å²) in [5.41, 5.74) is -0.401. The Bertz CT molecular complexity index is 464. The van der Waals surface area contributed by atoms with Gasteiger partial charge in [-0.1, -0.05) is 6.92 Å². The van der Waals surface area contributed by atoms with Crippen molar-refractivity contribution < 1.29 is 19.0 Å². The second-order valence-electron chi connectivity index (χ2n) is 5.03. The number of likely N-dealkylation sites (N-methyl/N-ethyl adjacent to an activating group) is 1. The molecule has 0 aromatic heterocycles. The minimum Gasteiger partial charge on any atom is -0.494 e. The lowest BCUT2D eigenvalue weighted by atomic mass is 9.96. The molecule has 0 spiro atoms. The third-order valence-electron chi connectivity index (χ3n) is 3.26. The SMILES string of the molecule is CCNC(C)(CCCOc1ccc(F)c(C)c1)C(=O)O. The zero-order valence-corrected chi connectivity index (χ0v) is 12.2. The molecule has 0 radical (unpaired) electrons. The van der Waals surface area contributed by atoms with Crippen LogP contribution in [0.1, 0.15) is 32.3 Å². The van der Waals surface area contributed by atoms with Crippen LogP contribution in [-0.4, -0.2) is 29.8 Å². The number of rotatable bonds is 8. The van der Waals surface area contributed by atoms with Gasteiger partial charge >= 0.3 is 5.97 Å². The molecule has 1 aromatic carbocycles. The summed E-state index contributed by atoms with van der Waals surface area (Å²) in [6, 6.07) is 4.57. The van der Waals surface area contributed by atoms with Crippen LogP contribution in [0.4, 0.5) is 4.39 Å². The average molecular weight is 283 g/mol. The molecule has 1 aromatic rings. The molecule has 1 unspecified atom stereocenters. The van der Waals surface area contributed by atoms with Crippen LogP contribution >= 0.6 is 0 Å². The highest BCUT2D eigenvalue weighted by Crippen LogP contribution is 2.17. The standard InChI is InChI=1S/C15H22FNO3/c1-4-17-15(3,14(18)19)8-5-9-20-12-6-7-13(16)11(2)10-12/h6-7,10,17H,4-5,8-9H2,1-3H3,(H,18,19). The molecule has 1 rings (SSSR count). The number of aryl methyl sites for hydroxylation is 1. The lowest BCUT2D eigenvalue weighted by molar-refractivity contribution is -0.144. The number of benzene rings is 1. The van der Waals surface area contributed by atoms with Crippen molar-refractivity contribution in [3.63, 3.8) is 0 Å². The molecule has 1 atom stereocenters. The summed E-state index contributed by atoms with van der Waals surface area (Å²) in [6.45, 7) is 6.22. The minimum atomic E-state index is -0.934. The molecule has 20 heavy (non-hydrogen) atoms. The van der Waals surface area contributed by atoms with Crippen LogP contribution in [0.15, 0.2) is 18.2 Å². The van der Waals surface area contributed by atoms with Gasteiger partial charge in [-0.3, -0.25) is 4.79 Å². The number of carboxylic acids is 1. The molecule has 112 valence electrons. The Labute approximate surface area is 119 Å². The van der Waals surface area contributed by atoms with E-state index < -0.39 is 11.5 Å². The van der Waals surface area contributed by atoms with E-state index in [0.717, 1.165) is 0 Å². The van der Waals surface area contributed by atoms with Crippen LogP contribution in [0.3, 0.4) is 0 Å². The van der Waals surface area contributed by atoms with Gasteiger partial charge in [-0.25, -0.2) is 4.39 Å². The molecule has 0 bridgehead atoms. The van der Waals surface area contributed by atoms with Gasteiger partial charge in [0.25, 0.3) is 0 Å². The quantitative estimate of drug-likeness (QED) is 0.720. The van der Waals surface area contributed by atoms with Crippen LogP contribution in [0.5, 0.6) is 5.75 Å². The molecule has 0 amide bonds. The number of carbonyl (C=O) groups is 1. The zero-order valence-electron chi connectivity index (χ0n) is 12.2. The van der Waals surface area contributed by atoms with Crippen molar-refractivity contribution in [2.75, 3.05) is 13.2 Å². The van der Waals surface area contributed by atoms with E-state index in [9.17, 15) is 14.3 Å². The van der Waals surface area contributed by atoms with Gasteiger partial charge in [-0.05, 0) is 57.0 Å². The van der Waals surface area contributed by atoms with Gasteiger partial charge in [0, 0.05) is 0 Å². The van der Waals surface area contributed by atoms with Crippen molar-refractivity contribution in [1.29, 1.82) is 0 Å². The number of halogens is 1. The number of ether oxygens (including phenoxy) is 1. The molecule has 0 aliphatic rings. The minimum absolute atomic E-state index is 0.261. The van der Waals surface area contributed by atoms with E-state index in [-0.39, 0.29) is 5.82 Å². The van der Waals surface area contributed by atoms with E-state index in [4.69, 9.17) is 4.74 Å². The van der Waals surface area contributed by atoms with E-state index >= 15 is 0 Å². The number of hydrogen-bond donors (Lipinski definition) is 2. The van der Waals surface area contributed by atoms with Gasteiger partial charge in [-0.2, -0.15) is 0 Å². The van der Waals surface area contributed by atoms with Crippen LogP contribution in [0, 0.1) is 12.7 Å². The van der Waals surface area contributed by atoms with Crippen molar-refractivity contribution in [3.05, 3.63) is 29.6 Å². The van der Waals surface area contributed by atoms with Gasteiger partial charge in [0.15, 0.2) is 0 Å². The molecule has 4 nitrogen and oxygen atoms in total. The molecule has 0 fully saturated rings. The Hall–Kier alpha value is -1.62. The van der Waals surface area contributed by atoms with Crippen LogP contribution < -0.4 is 10.1 Å². The molecular weight excluding hydrogens is 261 g/mol. The Morgan fingerprint density at radius 1 is 1.50 bits per heavy atom. The first-order chi connectivity index (χ1) is 9.39. The smallest absolute Gasteiger partial charge is 0.323 e. The van der Waals surface area contributed by atoms with Gasteiger partial charge < -0.3 is 15.2 Å². The van der Waals surface area contributed by atoms with E-state index in [1.807, 2.05) is 6.92 Å². The fourth-order valence-electron chi connectivity index (χ4n) is 1.98. The summed E-state index contributed by atoms with van der Waals surface area (Å²) in [4.78, 5) is 11.2. The fraction of sp³-hybridized carbons (Fsp3) is 0.533. The Balaban J connectivity index is 2.44. The lowest BCUT2D eigenvalue weighted by Gasteiger charge is -2.25. The summed E-state index contributed by atoms with van der Waals surface area (Å²) in [7, 11) is 0. The van der Waals surface area contributed by atoms with Crippen molar-refractivity contribution in [2.24, 2.45) is 0 Å². The molecule has 2 N–H and O–H groups in total. The topological polar surface area (TPSA) is 58.6 Å².